The van der Waals surface area contributed by atoms with Crippen LogP contribution in [-0.4, -0.2) is 142 Å². The molecule has 0 radical (unpaired) electrons. The Kier molecular flexibility index (Phi) is 13.6. The van der Waals surface area contributed by atoms with E-state index in [1.807, 2.05) is 27.8 Å². The second-order valence-electron chi connectivity index (χ2n) is 13.3. The van der Waals surface area contributed by atoms with Crippen molar-refractivity contribution in [3.63, 3.8) is 0 Å². The monoisotopic (exact) mass is 622 g/mol. The van der Waals surface area contributed by atoms with Gasteiger partial charge in [-0.25, -0.2) is 0 Å². The van der Waals surface area contributed by atoms with Gasteiger partial charge < -0.3 is 65.3 Å². The van der Waals surface area contributed by atoms with E-state index in [0.717, 1.165) is 19.4 Å². The molecule has 1 aliphatic carbocycles. The number of amides is 1. The minimum Gasteiger partial charge on any atom is -0.396 e. The van der Waals surface area contributed by atoms with Crippen molar-refractivity contribution in [2.45, 2.75) is 133 Å². The van der Waals surface area contributed by atoms with E-state index in [9.17, 15) is 40.5 Å². The molecule has 2 heterocycles. The van der Waals surface area contributed by atoms with Gasteiger partial charge in [-0.1, -0.05) is 27.2 Å². The maximum atomic E-state index is 12.8. The molecule has 3 rings (SSSR count). The van der Waals surface area contributed by atoms with E-state index in [1.165, 1.54) is 0 Å². The second kappa shape index (κ2) is 16.0. The number of aliphatic hydroxyl groups is 7. The van der Waals surface area contributed by atoms with Crippen LogP contribution < -0.4 is 10.6 Å². The number of carbonyl (C=O) groups is 1. The zero-order valence-electron chi connectivity index (χ0n) is 25.9. The van der Waals surface area contributed by atoms with Gasteiger partial charge in [0.2, 0.25) is 5.91 Å². The maximum Gasteiger partial charge on any atom is 0.220 e. The zero-order chi connectivity index (χ0) is 32.1. The lowest BCUT2D eigenvalue weighted by Gasteiger charge is -2.51. The molecular weight excluding hydrogens is 568 g/mol. The first-order valence-electron chi connectivity index (χ1n) is 15.4. The van der Waals surface area contributed by atoms with Crippen molar-refractivity contribution in [1.29, 1.82) is 0 Å². The summed E-state index contributed by atoms with van der Waals surface area (Å²) in [5.74, 6) is -0.976. The molecule has 1 saturated carbocycles. The fourth-order valence-corrected chi connectivity index (χ4v) is 6.28. The maximum absolute atomic E-state index is 12.8. The molecule has 0 aromatic rings. The van der Waals surface area contributed by atoms with Gasteiger partial charge in [-0.05, 0) is 51.1 Å². The van der Waals surface area contributed by atoms with Crippen LogP contribution in [0.4, 0.5) is 0 Å². The Balaban J connectivity index is 1.71. The summed E-state index contributed by atoms with van der Waals surface area (Å²) in [5.41, 5.74) is -0.406. The van der Waals surface area contributed by atoms with Crippen molar-refractivity contribution >= 4 is 5.91 Å². The van der Waals surface area contributed by atoms with Gasteiger partial charge >= 0.3 is 0 Å². The van der Waals surface area contributed by atoms with Crippen LogP contribution in [0.25, 0.3) is 0 Å². The topological polar surface area (TPSA) is 220 Å². The van der Waals surface area contributed by atoms with Crippen molar-refractivity contribution in [3.8, 4) is 0 Å². The molecule has 2 saturated heterocycles. The number of hydrogen-bond donors (Lipinski definition) is 9. The molecular formula is C29H54N2O12. The summed E-state index contributed by atoms with van der Waals surface area (Å²) < 4.78 is 23.1. The van der Waals surface area contributed by atoms with Crippen molar-refractivity contribution in [2.24, 2.45) is 17.3 Å². The molecule has 0 bridgehead atoms. The standard InChI is InChI=1S/C29H54N2O12/c1-14-25(42-27-23(38)20(35)17(33)13-40-27)22(37)24(39)28(41-14)43-26-16(29(2,3)4)11-15(12-32)19(21(26)36)31-18(34)9-7-6-8-10-30-5/h14-17,19-28,30,32-33,35-39H,6-13H2,1-5H3,(H,31,34)/t14?,15-,16-,17-,19+,20?,21?,22?,23?,24?,25+,26?,27+,28+/m1/s1. The van der Waals surface area contributed by atoms with Crippen molar-refractivity contribution < 1.29 is 59.5 Å². The number of ether oxygens (including phenoxy) is 4. The lowest BCUT2D eigenvalue weighted by atomic mass is 9.64. The summed E-state index contributed by atoms with van der Waals surface area (Å²) in [5, 5.41) is 79.6. The SMILES string of the molecule is CNCCCCCC(=O)N[C@@H]1C(O)C(O[C@@H]2OC(C)[C@H](O[C@@H]3OC[C@@H](O)C(O)C3O)C(O)C2O)[C@H](C(C)(C)C)C[C@@H]1CO. The molecule has 9 N–H and O–H groups in total. The highest BCUT2D eigenvalue weighted by Crippen LogP contribution is 2.43. The summed E-state index contributed by atoms with van der Waals surface area (Å²) in [7, 11) is 1.87. The fourth-order valence-electron chi connectivity index (χ4n) is 6.28. The van der Waals surface area contributed by atoms with E-state index in [4.69, 9.17) is 18.9 Å². The highest BCUT2D eigenvalue weighted by molar-refractivity contribution is 5.76. The van der Waals surface area contributed by atoms with Gasteiger partial charge in [0.1, 0.15) is 42.7 Å². The van der Waals surface area contributed by atoms with E-state index in [2.05, 4.69) is 10.6 Å². The summed E-state index contributed by atoms with van der Waals surface area (Å²) in [4.78, 5) is 12.8. The van der Waals surface area contributed by atoms with Gasteiger partial charge in [-0.2, -0.15) is 0 Å². The molecule has 252 valence electrons. The zero-order valence-corrected chi connectivity index (χ0v) is 25.9. The van der Waals surface area contributed by atoms with E-state index in [-0.39, 0.29) is 31.5 Å². The Morgan fingerprint density at radius 3 is 2.16 bits per heavy atom. The normalized spacial score (nSPS) is 42.5. The summed E-state index contributed by atoms with van der Waals surface area (Å²) in [6.45, 7) is 7.80. The van der Waals surface area contributed by atoms with Gasteiger partial charge in [0.25, 0.3) is 0 Å². The quantitative estimate of drug-likeness (QED) is 0.107. The summed E-state index contributed by atoms with van der Waals surface area (Å²) in [6.07, 6.45) is -11.4. The minimum absolute atomic E-state index is 0.234. The number of unbranched alkanes of at least 4 members (excludes halogenated alkanes) is 2. The van der Waals surface area contributed by atoms with Crippen LogP contribution in [0, 0.1) is 17.3 Å². The lowest BCUT2D eigenvalue weighted by molar-refractivity contribution is -0.355. The van der Waals surface area contributed by atoms with Crippen molar-refractivity contribution in [1.82, 2.24) is 10.6 Å². The fraction of sp³-hybridized carbons (Fsp3) is 0.966. The van der Waals surface area contributed by atoms with Crippen LogP contribution in [0.15, 0.2) is 0 Å². The van der Waals surface area contributed by atoms with E-state index in [1.54, 1.807) is 6.92 Å². The third-order valence-electron chi connectivity index (χ3n) is 8.98. The van der Waals surface area contributed by atoms with Gasteiger partial charge in [-0.15, -0.1) is 0 Å². The minimum atomic E-state index is -1.63. The molecule has 7 unspecified atom stereocenters. The molecule has 1 amide bonds. The third kappa shape index (κ3) is 9.05. The second-order valence-corrected chi connectivity index (χ2v) is 13.3. The van der Waals surface area contributed by atoms with Gasteiger partial charge in [0.15, 0.2) is 12.6 Å². The van der Waals surface area contributed by atoms with Crippen LogP contribution >= 0.6 is 0 Å². The average molecular weight is 623 g/mol. The van der Waals surface area contributed by atoms with Crippen LogP contribution in [0.2, 0.25) is 0 Å². The third-order valence-corrected chi connectivity index (χ3v) is 8.98. The van der Waals surface area contributed by atoms with E-state index >= 15 is 0 Å². The first-order chi connectivity index (χ1) is 20.2. The first-order valence-corrected chi connectivity index (χ1v) is 15.4. The molecule has 0 aromatic heterocycles. The molecule has 0 spiro atoms. The molecule has 0 aromatic carbocycles. The predicted octanol–water partition coefficient (Wildman–Crippen LogP) is -2.04. The van der Waals surface area contributed by atoms with Crippen molar-refractivity contribution in [3.05, 3.63) is 0 Å². The molecule has 14 heteroatoms. The van der Waals surface area contributed by atoms with Crippen LogP contribution in [0.3, 0.4) is 0 Å². The Morgan fingerprint density at radius 2 is 1.53 bits per heavy atom. The van der Waals surface area contributed by atoms with Crippen LogP contribution in [0.1, 0.15) is 59.8 Å². The smallest absolute Gasteiger partial charge is 0.220 e. The average Bonchev–Trinajstić information content (AvgIpc) is 2.95. The number of hydrogen-bond acceptors (Lipinski definition) is 13. The number of rotatable bonds is 12. The molecule has 3 aliphatic rings. The van der Waals surface area contributed by atoms with Gasteiger partial charge in [0, 0.05) is 18.9 Å². The van der Waals surface area contributed by atoms with Crippen LogP contribution in [-0.2, 0) is 23.7 Å². The predicted molar refractivity (Wildman–Crippen MR) is 152 cm³/mol. The Labute approximate surface area is 253 Å². The molecule has 14 nitrogen and oxygen atoms in total. The number of aliphatic hydroxyl groups excluding tert-OH is 7. The van der Waals surface area contributed by atoms with Gasteiger partial charge in [0.05, 0.1) is 24.9 Å². The molecule has 43 heavy (non-hydrogen) atoms. The lowest BCUT2D eigenvalue weighted by Crippen LogP contribution is -2.65. The molecule has 3 fully saturated rings. The Hall–Kier alpha value is -1.01. The summed E-state index contributed by atoms with van der Waals surface area (Å²) >= 11 is 0. The highest BCUT2D eigenvalue weighted by atomic mass is 16.7. The van der Waals surface area contributed by atoms with Crippen LogP contribution in [0.5, 0.6) is 0 Å². The Bertz CT molecular complexity index is 862. The van der Waals surface area contributed by atoms with Gasteiger partial charge in [-0.3, -0.25) is 4.79 Å². The molecule has 14 atom stereocenters. The summed E-state index contributed by atoms with van der Waals surface area (Å²) in [6, 6.07) is -0.802. The number of nitrogens with one attached hydrogen (secondary N) is 2. The largest absolute Gasteiger partial charge is 0.396 e. The van der Waals surface area contributed by atoms with E-state index < -0.39 is 84.9 Å². The van der Waals surface area contributed by atoms with E-state index in [0.29, 0.717) is 12.8 Å². The molecule has 2 aliphatic heterocycles. The Morgan fingerprint density at radius 1 is 0.884 bits per heavy atom. The van der Waals surface area contributed by atoms with Crippen molar-refractivity contribution in [2.75, 3.05) is 26.8 Å². The highest BCUT2D eigenvalue weighted by Gasteiger charge is 2.53. The number of carbonyl (C=O) groups excluding carboxylic acids is 1. The first kappa shape index (κ1) is 36.5.